The van der Waals surface area contributed by atoms with Gasteiger partial charge in [-0.2, -0.15) is 11.8 Å². The average molecular weight is 621 g/mol. The molecule has 1 saturated heterocycles. The molecule has 1 aliphatic heterocycles. The molecule has 1 unspecified atom stereocenters. The van der Waals surface area contributed by atoms with E-state index in [1.807, 2.05) is 61.5 Å². The molecule has 2 aromatic carbocycles. The third-order valence-electron chi connectivity index (χ3n) is 7.01. The molecule has 0 radical (unpaired) electrons. The quantitative estimate of drug-likeness (QED) is 0.128. The van der Waals surface area contributed by atoms with Crippen molar-refractivity contribution >= 4 is 29.5 Å². The number of benzene rings is 2. The fourth-order valence-electron chi connectivity index (χ4n) is 4.74. The molecule has 6 atom stereocenters. The van der Waals surface area contributed by atoms with E-state index in [0.29, 0.717) is 12.2 Å². The second-order valence-electron chi connectivity index (χ2n) is 10.2. The van der Waals surface area contributed by atoms with Gasteiger partial charge in [0.2, 0.25) is 11.8 Å². The lowest BCUT2D eigenvalue weighted by atomic mass is 9.88. The monoisotopic (exact) mass is 620 g/mol. The van der Waals surface area contributed by atoms with Crippen LogP contribution >= 0.6 is 11.8 Å². The van der Waals surface area contributed by atoms with Crippen molar-refractivity contribution in [3.8, 4) is 11.1 Å². The van der Waals surface area contributed by atoms with E-state index < -0.39 is 73.6 Å². The molecule has 1 heterocycles. The Kier molecular flexibility index (Phi) is 13.4. The fraction of sp³-hybridized carbons (Fsp3) is 0.500. The molecular formula is C30H40N2O10S. The van der Waals surface area contributed by atoms with Crippen molar-refractivity contribution in [1.29, 1.82) is 0 Å². The van der Waals surface area contributed by atoms with Crippen LogP contribution in [0.3, 0.4) is 0 Å². The van der Waals surface area contributed by atoms with Crippen molar-refractivity contribution < 1.29 is 49.4 Å². The predicted octanol–water partition coefficient (Wildman–Crippen LogP) is 0.302. The van der Waals surface area contributed by atoms with Crippen LogP contribution in [0.1, 0.15) is 25.3 Å². The number of aliphatic carboxylic acids is 1. The van der Waals surface area contributed by atoms with Crippen LogP contribution in [0.5, 0.6) is 0 Å². The van der Waals surface area contributed by atoms with Gasteiger partial charge in [0.15, 0.2) is 0 Å². The summed E-state index contributed by atoms with van der Waals surface area (Å²) in [5.74, 6) is -3.70. The van der Waals surface area contributed by atoms with Gasteiger partial charge >= 0.3 is 5.97 Å². The molecule has 43 heavy (non-hydrogen) atoms. The molecule has 236 valence electrons. The van der Waals surface area contributed by atoms with Crippen LogP contribution in [-0.4, -0.2) is 111 Å². The number of nitrogens with one attached hydrogen (secondary N) is 2. The van der Waals surface area contributed by atoms with Crippen molar-refractivity contribution in [2.24, 2.45) is 0 Å². The average Bonchev–Trinajstić information content (AvgIpc) is 3.01. The van der Waals surface area contributed by atoms with Gasteiger partial charge in [0, 0.05) is 13.0 Å². The molecule has 12 nitrogen and oxygen atoms in total. The third kappa shape index (κ3) is 9.73. The van der Waals surface area contributed by atoms with Crippen LogP contribution < -0.4 is 10.6 Å². The maximum atomic E-state index is 12.6. The summed E-state index contributed by atoms with van der Waals surface area (Å²) in [4.78, 5) is 36.8. The van der Waals surface area contributed by atoms with Crippen molar-refractivity contribution in [1.82, 2.24) is 10.6 Å². The van der Waals surface area contributed by atoms with Crippen LogP contribution in [0.2, 0.25) is 0 Å². The highest BCUT2D eigenvalue weighted by molar-refractivity contribution is 7.99. The number of hydrogen-bond acceptors (Lipinski definition) is 10. The number of aliphatic hydroxyl groups is 4. The van der Waals surface area contributed by atoms with Crippen LogP contribution in [0.15, 0.2) is 54.6 Å². The number of carbonyl (C=O) groups is 3. The zero-order valence-corrected chi connectivity index (χ0v) is 24.7. The van der Waals surface area contributed by atoms with Gasteiger partial charge in [-0.05, 0) is 34.6 Å². The van der Waals surface area contributed by atoms with Gasteiger partial charge in [-0.1, -0.05) is 61.5 Å². The molecule has 3 rings (SSSR count). The van der Waals surface area contributed by atoms with E-state index in [0.717, 1.165) is 22.4 Å². The summed E-state index contributed by atoms with van der Waals surface area (Å²) in [6.07, 6.45) is -6.89. The molecule has 2 aromatic rings. The normalized spacial score (nSPS) is 23.2. The topological polar surface area (TPSA) is 195 Å². The highest BCUT2D eigenvalue weighted by Gasteiger charge is 2.55. The van der Waals surface area contributed by atoms with Gasteiger partial charge in [0.1, 0.15) is 18.8 Å². The van der Waals surface area contributed by atoms with Crippen molar-refractivity contribution in [3.05, 3.63) is 60.2 Å². The van der Waals surface area contributed by atoms with E-state index in [4.69, 9.17) is 9.47 Å². The van der Waals surface area contributed by atoms with Gasteiger partial charge < -0.3 is 45.6 Å². The summed E-state index contributed by atoms with van der Waals surface area (Å²) in [7, 11) is 0. The van der Waals surface area contributed by atoms with Gasteiger partial charge in [0.05, 0.1) is 31.3 Å². The lowest BCUT2D eigenvalue weighted by Crippen LogP contribution is -2.68. The number of hydrogen-bond donors (Lipinski definition) is 7. The Labute approximate surface area is 254 Å². The van der Waals surface area contributed by atoms with Gasteiger partial charge in [0.25, 0.3) is 5.79 Å². The van der Waals surface area contributed by atoms with Crippen LogP contribution in [0, 0.1) is 0 Å². The Bertz CT molecular complexity index is 1190. The van der Waals surface area contributed by atoms with E-state index in [-0.39, 0.29) is 13.0 Å². The van der Waals surface area contributed by atoms with Gasteiger partial charge in [-0.25, -0.2) is 4.79 Å². The molecular weight excluding hydrogens is 580 g/mol. The Morgan fingerprint density at radius 1 is 1.07 bits per heavy atom. The minimum Gasteiger partial charge on any atom is -0.477 e. The SMILES string of the molecule is CCSCCCO[C@]1(C(=O)O)CC(O)[C@@H](NC(=O)CO)[C@H]([C@H](O)[C@H](O)CNC(=O)Cc2ccc(-c3ccccc3)cc2)O1. The predicted molar refractivity (Wildman–Crippen MR) is 159 cm³/mol. The summed E-state index contributed by atoms with van der Waals surface area (Å²) in [5, 5.41) is 56.6. The number of carboxylic acid groups (broad SMARTS) is 1. The number of thioether (sulfide) groups is 1. The molecule has 13 heteroatoms. The molecule has 0 spiro atoms. The zero-order chi connectivity index (χ0) is 31.4. The van der Waals surface area contributed by atoms with Crippen LogP contribution in [0.25, 0.3) is 11.1 Å². The molecule has 2 amide bonds. The van der Waals surface area contributed by atoms with E-state index >= 15 is 0 Å². The summed E-state index contributed by atoms with van der Waals surface area (Å²) in [5.41, 5.74) is 2.74. The molecule has 0 saturated carbocycles. The largest absolute Gasteiger partial charge is 0.477 e. The first-order valence-corrected chi connectivity index (χ1v) is 15.2. The fourth-order valence-corrected chi connectivity index (χ4v) is 5.35. The molecule has 1 fully saturated rings. The number of rotatable bonds is 16. The van der Waals surface area contributed by atoms with E-state index in [1.54, 1.807) is 11.8 Å². The lowest BCUT2D eigenvalue weighted by molar-refractivity contribution is -0.310. The molecule has 7 N–H and O–H groups in total. The van der Waals surface area contributed by atoms with Crippen LogP contribution in [-0.2, 0) is 30.3 Å². The number of carbonyl (C=O) groups excluding carboxylic acids is 2. The van der Waals surface area contributed by atoms with Gasteiger partial charge in [-0.15, -0.1) is 0 Å². The third-order valence-corrected chi connectivity index (χ3v) is 7.99. The van der Waals surface area contributed by atoms with E-state index in [1.165, 1.54) is 0 Å². The number of amides is 2. The van der Waals surface area contributed by atoms with Gasteiger partial charge in [-0.3, -0.25) is 9.59 Å². The van der Waals surface area contributed by atoms with E-state index in [2.05, 4.69) is 10.6 Å². The molecule has 0 bridgehead atoms. The Hall–Kier alpha value is -3.04. The first kappa shape index (κ1) is 34.5. The van der Waals surface area contributed by atoms with Crippen molar-refractivity contribution in [3.63, 3.8) is 0 Å². The lowest BCUT2D eigenvalue weighted by Gasteiger charge is -2.46. The summed E-state index contributed by atoms with van der Waals surface area (Å²) in [6, 6.07) is 15.7. The van der Waals surface area contributed by atoms with Crippen molar-refractivity contribution in [2.45, 2.75) is 62.4 Å². The van der Waals surface area contributed by atoms with Crippen LogP contribution in [0.4, 0.5) is 0 Å². The minimum absolute atomic E-state index is 0.00199. The number of carboxylic acids is 1. The number of aliphatic hydroxyl groups excluding tert-OH is 4. The Morgan fingerprint density at radius 2 is 1.74 bits per heavy atom. The summed E-state index contributed by atoms with van der Waals surface area (Å²) in [6.45, 7) is 0.586. The summed E-state index contributed by atoms with van der Waals surface area (Å²) < 4.78 is 11.3. The highest BCUT2D eigenvalue weighted by atomic mass is 32.2. The zero-order valence-electron chi connectivity index (χ0n) is 23.9. The second kappa shape index (κ2) is 16.7. The molecule has 0 aromatic heterocycles. The number of ether oxygens (including phenoxy) is 2. The maximum absolute atomic E-state index is 12.6. The molecule has 1 aliphatic rings. The van der Waals surface area contributed by atoms with Crippen molar-refractivity contribution in [2.75, 3.05) is 31.3 Å². The first-order valence-electron chi connectivity index (χ1n) is 14.1. The minimum atomic E-state index is -2.36. The first-order chi connectivity index (χ1) is 20.6. The summed E-state index contributed by atoms with van der Waals surface area (Å²) >= 11 is 1.63. The van der Waals surface area contributed by atoms with E-state index in [9.17, 15) is 39.9 Å². The highest BCUT2D eigenvalue weighted by Crippen LogP contribution is 2.34. The smallest absolute Gasteiger partial charge is 0.364 e. The standard InChI is InChI=1S/C30H40N2O10S/c1-2-43-14-6-13-41-30(29(39)40)16-22(34)26(32-25(37)18-33)28(42-30)27(38)23(35)17-31-24(36)15-19-9-11-21(12-10-19)20-7-4-3-5-8-20/h3-5,7-12,22-23,26-28,33-35,38H,2,6,13-18H2,1H3,(H,31,36)(H,32,37)(H,39,40)/t22?,23-,26-,27-,28-,30-/m1/s1. The Balaban J connectivity index is 1.65. The molecule has 0 aliphatic carbocycles. The second-order valence-corrected chi connectivity index (χ2v) is 11.6. The Morgan fingerprint density at radius 3 is 2.37 bits per heavy atom. The maximum Gasteiger partial charge on any atom is 0.364 e.